The summed E-state index contributed by atoms with van der Waals surface area (Å²) < 4.78 is 21.6. The molecule has 1 saturated heterocycles. The first-order chi connectivity index (χ1) is 15.8. The molecule has 11 heteroatoms. The fourth-order valence-corrected chi connectivity index (χ4v) is 4.11. The lowest BCUT2D eigenvalue weighted by molar-refractivity contribution is -0.137. The first-order valence-corrected chi connectivity index (χ1v) is 11.2. The quantitative estimate of drug-likeness (QED) is 0.699. The summed E-state index contributed by atoms with van der Waals surface area (Å²) in [5.74, 6) is -1.76. The van der Waals surface area contributed by atoms with Crippen molar-refractivity contribution in [3.63, 3.8) is 0 Å². The molecule has 3 heterocycles. The van der Waals surface area contributed by atoms with Crippen LogP contribution in [0.15, 0.2) is 10.9 Å². The van der Waals surface area contributed by atoms with Crippen LogP contribution < -0.4 is 15.2 Å². The highest BCUT2D eigenvalue weighted by molar-refractivity contribution is 5.84. The number of rotatable bonds is 5. The summed E-state index contributed by atoms with van der Waals surface area (Å²) in [6, 6.07) is 1.17. The number of nitrogens with zero attached hydrogens (tertiary/aromatic N) is 5. The Morgan fingerprint density at radius 3 is 2.32 bits per heavy atom. The average Bonchev–Trinajstić information content (AvgIpc) is 2.73. The van der Waals surface area contributed by atoms with Crippen LogP contribution in [0, 0.1) is 5.82 Å². The standard InChI is InChI=1S/C23H32FN5O5/c1-7-15-19(27-8-10-28(11-9-27)22(33)34-23(2,3)4)20(32)18-16(29(15)13-17(30)31)12-14(24)21(25-18)26(5)6/h12H,7-11,13H2,1-6H3,(H,30,31). The Labute approximate surface area is 197 Å². The van der Waals surface area contributed by atoms with Crippen molar-refractivity contribution in [3.8, 4) is 0 Å². The van der Waals surface area contributed by atoms with E-state index in [2.05, 4.69) is 4.98 Å². The fourth-order valence-electron chi connectivity index (χ4n) is 4.11. The highest BCUT2D eigenvalue weighted by Gasteiger charge is 2.30. The largest absolute Gasteiger partial charge is 0.480 e. The van der Waals surface area contributed by atoms with Crippen molar-refractivity contribution in [2.24, 2.45) is 0 Å². The van der Waals surface area contributed by atoms with Crippen molar-refractivity contribution < 1.29 is 23.8 Å². The topological polar surface area (TPSA) is 108 Å². The zero-order chi connectivity index (χ0) is 25.4. The molecule has 1 fully saturated rings. The number of fused-ring (bicyclic) bond motifs is 1. The van der Waals surface area contributed by atoms with Gasteiger partial charge in [0, 0.05) is 52.0 Å². The van der Waals surface area contributed by atoms with Gasteiger partial charge in [-0.25, -0.2) is 14.2 Å². The van der Waals surface area contributed by atoms with Gasteiger partial charge in [0.2, 0.25) is 5.43 Å². The molecule has 0 unspecified atom stereocenters. The van der Waals surface area contributed by atoms with Gasteiger partial charge in [0.15, 0.2) is 11.6 Å². The number of aromatic nitrogens is 2. The van der Waals surface area contributed by atoms with Gasteiger partial charge in [-0.05, 0) is 27.2 Å². The second-order valence-corrected chi connectivity index (χ2v) is 9.47. The maximum Gasteiger partial charge on any atom is 0.410 e. The molecule has 0 atom stereocenters. The summed E-state index contributed by atoms with van der Waals surface area (Å²) in [6.07, 6.45) is -0.0608. The normalized spacial score (nSPS) is 14.4. The molecule has 2 aromatic heterocycles. The number of carboxylic acid groups (broad SMARTS) is 1. The average molecular weight is 478 g/mol. The number of halogens is 1. The third-order valence-electron chi connectivity index (χ3n) is 5.56. The Morgan fingerprint density at radius 1 is 1.21 bits per heavy atom. The van der Waals surface area contributed by atoms with Crippen molar-refractivity contribution in [2.45, 2.75) is 46.3 Å². The van der Waals surface area contributed by atoms with Gasteiger partial charge < -0.3 is 29.1 Å². The molecule has 1 aliphatic heterocycles. The molecule has 0 radical (unpaired) electrons. The SMILES string of the molecule is CCc1c(N2CCN(C(=O)OC(C)(C)C)CC2)c(=O)c2nc(N(C)C)c(F)cc2n1CC(=O)O. The molecule has 1 amide bonds. The molecule has 1 N–H and O–H groups in total. The van der Waals surface area contributed by atoms with Crippen LogP contribution in [0.5, 0.6) is 0 Å². The van der Waals surface area contributed by atoms with Crippen LogP contribution >= 0.6 is 0 Å². The number of ether oxygens (including phenoxy) is 1. The Hall–Kier alpha value is -3.37. The molecule has 3 rings (SSSR count). The molecule has 0 saturated carbocycles. The van der Waals surface area contributed by atoms with Crippen LogP contribution in [0.3, 0.4) is 0 Å². The fraction of sp³-hybridized carbons (Fsp3) is 0.565. The Kier molecular flexibility index (Phi) is 7.04. The molecule has 0 aromatic carbocycles. The minimum absolute atomic E-state index is 0.00332. The zero-order valence-electron chi connectivity index (χ0n) is 20.5. The van der Waals surface area contributed by atoms with Crippen molar-refractivity contribution >= 4 is 34.6 Å². The Balaban J connectivity index is 2.09. The van der Waals surface area contributed by atoms with Crippen LogP contribution in [0.4, 0.5) is 20.7 Å². The van der Waals surface area contributed by atoms with E-state index in [-0.39, 0.29) is 22.3 Å². The van der Waals surface area contributed by atoms with Crippen molar-refractivity contribution in [3.05, 3.63) is 27.8 Å². The molecular weight excluding hydrogens is 445 g/mol. The number of pyridine rings is 2. The summed E-state index contributed by atoms with van der Waals surface area (Å²) >= 11 is 0. The van der Waals surface area contributed by atoms with E-state index in [0.717, 1.165) is 0 Å². The van der Waals surface area contributed by atoms with E-state index >= 15 is 0 Å². The monoisotopic (exact) mass is 477 g/mol. The lowest BCUT2D eigenvalue weighted by Gasteiger charge is -2.37. The van der Waals surface area contributed by atoms with Crippen LogP contribution in [-0.2, 0) is 22.5 Å². The molecule has 2 aromatic rings. The predicted octanol–water partition coefficient (Wildman–Crippen LogP) is 2.31. The van der Waals surface area contributed by atoms with Gasteiger partial charge >= 0.3 is 12.1 Å². The van der Waals surface area contributed by atoms with Gasteiger partial charge in [0.1, 0.15) is 23.3 Å². The lowest BCUT2D eigenvalue weighted by atomic mass is 10.1. The van der Waals surface area contributed by atoms with E-state index in [1.54, 1.807) is 39.8 Å². The molecule has 1 aliphatic rings. The number of hydrogen-bond donors (Lipinski definition) is 1. The third-order valence-corrected chi connectivity index (χ3v) is 5.56. The number of aliphatic carboxylic acids is 1. The van der Waals surface area contributed by atoms with Crippen molar-refractivity contribution in [2.75, 3.05) is 50.1 Å². The van der Waals surface area contributed by atoms with Gasteiger partial charge in [0.25, 0.3) is 0 Å². The van der Waals surface area contributed by atoms with Crippen LogP contribution in [0.25, 0.3) is 11.0 Å². The van der Waals surface area contributed by atoms with Gasteiger partial charge in [-0.2, -0.15) is 0 Å². The van der Waals surface area contributed by atoms with Gasteiger partial charge in [-0.1, -0.05) is 6.92 Å². The Morgan fingerprint density at radius 2 is 1.82 bits per heavy atom. The predicted molar refractivity (Wildman–Crippen MR) is 127 cm³/mol. The van der Waals surface area contributed by atoms with Crippen LogP contribution in [0.1, 0.15) is 33.4 Å². The summed E-state index contributed by atoms with van der Waals surface area (Å²) in [6.45, 7) is 8.18. The first-order valence-electron chi connectivity index (χ1n) is 11.2. The second kappa shape index (κ2) is 9.47. The lowest BCUT2D eigenvalue weighted by Crippen LogP contribution is -2.51. The minimum atomic E-state index is -1.11. The zero-order valence-corrected chi connectivity index (χ0v) is 20.5. The summed E-state index contributed by atoms with van der Waals surface area (Å²) in [5.41, 5.74) is -0.0235. The number of carbonyl (C=O) groups excluding carboxylic acids is 1. The smallest absolute Gasteiger partial charge is 0.410 e. The minimum Gasteiger partial charge on any atom is -0.480 e. The number of carboxylic acids is 1. The number of carbonyl (C=O) groups is 2. The number of piperazine rings is 1. The molecular formula is C23H32FN5O5. The highest BCUT2D eigenvalue weighted by atomic mass is 19.1. The summed E-state index contributed by atoms with van der Waals surface area (Å²) in [4.78, 5) is 46.9. The molecule has 34 heavy (non-hydrogen) atoms. The van der Waals surface area contributed by atoms with E-state index in [9.17, 15) is 23.9 Å². The third kappa shape index (κ3) is 5.07. The molecule has 0 spiro atoms. The van der Waals surface area contributed by atoms with Crippen LogP contribution in [-0.4, -0.2) is 77.5 Å². The number of amides is 1. The number of anilines is 2. The maximum atomic E-state index is 14.7. The first kappa shape index (κ1) is 25.3. The van der Waals surface area contributed by atoms with E-state index in [0.29, 0.717) is 44.0 Å². The van der Waals surface area contributed by atoms with E-state index < -0.39 is 30.0 Å². The summed E-state index contributed by atoms with van der Waals surface area (Å²) in [5, 5.41) is 9.52. The van der Waals surface area contributed by atoms with E-state index in [1.165, 1.54) is 15.5 Å². The molecule has 0 aliphatic carbocycles. The van der Waals surface area contributed by atoms with Crippen molar-refractivity contribution in [1.82, 2.24) is 14.5 Å². The second-order valence-electron chi connectivity index (χ2n) is 9.47. The van der Waals surface area contributed by atoms with Gasteiger partial charge in [-0.3, -0.25) is 9.59 Å². The Bertz CT molecular complexity index is 1160. The number of hydrogen-bond acceptors (Lipinski definition) is 7. The van der Waals surface area contributed by atoms with E-state index in [4.69, 9.17) is 4.74 Å². The van der Waals surface area contributed by atoms with Gasteiger partial charge in [-0.15, -0.1) is 0 Å². The van der Waals surface area contributed by atoms with Crippen LogP contribution in [0.2, 0.25) is 0 Å². The van der Waals surface area contributed by atoms with E-state index in [1.807, 2.05) is 11.8 Å². The highest BCUT2D eigenvalue weighted by Crippen LogP contribution is 2.27. The molecule has 10 nitrogen and oxygen atoms in total. The maximum absolute atomic E-state index is 14.7. The van der Waals surface area contributed by atoms with Crippen molar-refractivity contribution in [1.29, 1.82) is 0 Å². The summed E-state index contributed by atoms with van der Waals surface area (Å²) in [7, 11) is 3.23. The molecule has 186 valence electrons. The molecule has 0 bridgehead atoms. The van der Waals surface area contributed by atoms with Gasteiger partial charge in [0.05, 0.1) is 5.52 Å².